The topological polar surface area (TPSA) is 86.5 Å². The van der Waals surface area contributed by atoms with Gasteiger partial charge in [0, 0.05) is 24.7 Å². The molecule has 6 nitrogen and oxygen atoms in total. The molecule has 28 heavy (non-hydrogen) atoms. The number of carbonyl (C=O) groups excluding carboxylic acids is 1. The normalized spacial score (nSPS) is 17.8. The number of methoxy groups -OCH3 is 1. The molecule has 0 aliphatic heterocycles. The molecular weight excluding hydrogens is 401 g/mol. The van der Waals surface area contributed by atoms with Crippen LogP contribution in [-0.2, 0) is 11.3 Å². The number of hydrogen-bond donors (Lipinski definition) is 2. The van der Waals surface area contributed by atoms with E-state index in [4.69, 9.17) is 15.2 Å². The fraction of sp³-hybridized carbons (Fsp3) is 0.400. The van der Waals surface area contributed by atoms with E-state index >= 15 is 0 Å². The molecule has 3 rings (SSSR count). The van der Waals surface area contributed by atoms with Crippen molar-refractivity contribution in [2.45, 2.75) is 25.8 Å². The molecule has 0 spiro atoms. The zero-order valence-corrected chi connectivity index (χ0v) is 17.4. The minimum absolute atomic E-state index is 0. The Balaban J connectivity index is 0.00000196. The van der Waals surface area contributed by atoms with Crippen molar-refractivity contribution in [1.82, 2.24) is 10.3 Å². The molecule has 2 atom stereocenters. The molecule has 8 heteroatoms. The summed E-state index contributed by atoms with van der Waals surface area (Å²) in [7, 11) is 1.62. The monoisotopic (exact) mass is 427 g/mol. The molecular formula is C20H27Cl2N3O3. The Kier molecular flexibility index (Phi) is 10.1. The number of nitrogens with two attached hydrogens (primary N) is 1. The quantitative estimate of drug-likeness (QED) is 0.702. The van der Waals surface area contributed by atoms with Gasteiger partial charge in [0.2, 0.25) is 11.8 Å². The van der Waals surface area contributed by atoms with Gasteiger partial charge in [0.05, 0.1) is 7.11 Å². The van der Waals surface area contributed by atoms with Crippen molar-refractivity contribution in [1.29, 1.82) is 0 Å². The van der Waals surface area contributed by atoms with Gasteiger partial charge in [0.15, 0.2) is 0 Å². The van der Waals surface area contributed by atoms with Crippen molar-refractivity contribution in [2.75, 3.05) is 13.7 Å². The molecule has 0 radical (unpaired) electrons. The Bertz CT molecular complexity index is 744. The summed E-state index contributed by atoms with van der Waals surface area (Å²) < 4.78 is 10.9. The summed E-state index contributed by atoms with van der Waals surface area (Å²) in [5.41, 5.74) is 6.71. The Labute approximate surface area is 178 Å². The fourth-order valence-corrected chi connectivity index (χ4v) is 3.37. The third kappa shape index (κ3) is 6.26. The number of carbonyl (C=O) groups is 1. The first-order valence-corrected chi connectivity index (χ1v) is 8.94. The number of halogens is 2. The molecule has 1 heterocycles. The molecule has 0 bridgehead atoms. The van der Waals surface area contributed by atoms with E-state index in [9.17, 15) is 4.79 Å². The van der Waals surface area contributed by atoms with Crippen LogP contribution in [-0.4, -0.2) is 24.5 Å². The van der Waals surface area contributed by atoms with Crippen molar-refractivity contribution < 1.29 is 14.3 Å². The average Bonchev–Trinajstić information content (AvgIpc) is 3.16. The van der Waals surface area contributed by atoms with Crippen LogP contribution in [0.5, 0.6) is 17.4 Å². The number of nitrogens with zero attached hydrogens (tertiary/aromatic N) is 1. The molecule has 1 fully saturated rings. The van der Waals surface area contributed by atoms with Crippen LogP contribution in [0.2, 0.25) is 0 Å². The summed E-state index contributed by atoms with van der Waals surface area (Å²) in [5.74, 6) is 2.37. The second-order valence-corrected chi connectivity index (χ2v) is 6.53. The minimum atomic E-state index is 0. The molecule has 2 aromatic rings. The average molecular weight is 428 g/mol. The Morgan fingerprint density at radius 2 is 1.89 bits per heavy atom. The molecule has 1 saturated carbocycles. The fourth-order valence-electron chi connectivity index (χ4n) is 3.37. The lowest BCUT2D eigenvalue weighted by atomic mass is 9.95. The predicted molar refractivity (Wildman–Crippen MR) is 114 cm³/mol. The highest BCUT2D eigenvalue weighted by molar-refractivity contribution is 5.85. The molecule has 0 saturated heterocycles. The van der Waals surface area contributed by atoms with Gasteiger partial charge in [0.1, 0.15) is 11.5 Å². The highest BCUT2D eigenvalue weighted by Crippen LogP contribution is 2.31. The molecule has 3 N–H and O–H groups in total. The first-order chi connectivity index (χ1) is 12.7. The van der Waals surface area contributed by atoms with Crippen molar-refractivity contribution in [3.05, 3.63) is 48.2 Å². The second kappa shape index (κ2) is 11.7. The van der Waals surface area contributed by atoms with Crippen molar-refractivity contribution in [3.8, 4) is 17.4 Å². The van der Waals surface area contributed by atoms with E-state index in [1.54, 1.807) is 13.3 Å². The zero-order chi connectivity index (χ0) is 18.4. The minimum Gasteiger partial charge on any atom is -0.497 e. The first kappa shape index (κ1) is 24.0. The Morgan fingerprint density at radius 3 is 2.57 bits per heavy atom. The summed E-state index contributed by atoms with van der Waals surface area (Å²) in [6.45, 7) is 1.03. The van der Waals surface area contributed by atoms with Crippen LogP contribution in [0.4, 0.5) is 0 Å². The van der Waals surface area contributed by atoms with Gasteiger partial charge < -0.3 is 20.5 Å². The van der Waals surface area contributed by atoms with Gasteiger partial charge in [-0.3, -0.25) is 4.79 Å². The first-order valence-electron chi connectivity index (χ1n) is 8.94. The van der Waals surface area contributed by atoms with Gasteiger partial charge >= 0.3 is 0 Å². The van der Waals surface area contributed by atoms with Crippen LogP contribution < -0.4 is 20.5 Å². The molecule has 0 unspecified atom stereocenters. The van der Waals surface area contributed by atoms with Crippen LogP contribution in [0.15, 0.2) is 42.6 Å². The van der Waals surface area contributed by atoms with Crippen molar-refractivity contribution in [3.63, 3.8) is 0 Å². The number of hydrogen-bond acceptors (Lipinski definition) is 5. The largest absolute Gasteiger partial charge is 0.497 e. The maximum Gasteiger partial charge on any atom is 0.223 e. The summed E-state index contributed by atoms with van der Waals surface area (Å²) in [6.07, 6.45) is 4.73. The SMILES string of the molecule is COc1ccc(Oc2cc(CNC(=O)[C@@H]3CCC[C@@H]3CN)ccn2)cc1.Cl.Cl. The predicted octanol–water partition coefficient (Wildman–Crippen LogP) is 3.72. The zero-order valence-electron chi connectivity index (χ0n) is 15.8. The molecule has 1 aliphatic rings. The summed E-state index contributed by atoms with van der Waals surface area (Å²) in [6, 6.07) is 11.0. The lowest BCUT2D eigenvalue weighted by Crippen LogP contribution is -2.34. The van der Waals surface area contributed by atoms with Gasteiger partial charge in [-0.25, -0.2) is 4.98 Å². The van der Waals surface area contributed by atoms with Crippen LogP contribution in [0.25, 0.3) is 0 Å². The van der Waals surface area contributed by atoms with E-state index in [0.29, 0.717) is 30.6 Å². The van der Waals surface area contributed by atoms with Gasteiger partial charge in [0.25, 0.3) is 0 Å². The maximum atomic E-state index is 12.4. The van der Waals surface area contributed by atoms with Gasteiger partial charge in [-0.05, 0) is 61.2 Å². The number of amides is 1. The Morgan fingerprint density at radius 1 is 1.18 bits per heavy atom. The van der Waals surface area contributed by atoms with Crippen LogP contribution >= 0.6 is 24.8 Å². The summed E-state index contributed by atoms with van der Waals surface area (Å²) in [4.78, 5) is 16.6. The van der Waals surface area contributed by atoms with Crippen molar-refractivity contribution in [2.24, 2.45) is 17.6 Å². The summed E-state index contributed by atoms with van der Waals surface area (Å²) in [5, 5.41) is 3.02. The third-order valence-corrected chi connectivity index (χ3v) is 4.85. The van der Waals surface area contributed by atoms with Gasteiger partial charge in [-0.2, -0.15) is 0 Å². The molecule has 1 amide bonds. The van der Waals surface area contributed by atoms with E-state index in [2.05, 4.69) is 10.3 Å². The van der Waals surface area contributed by atoms with E-state index in [1.165, 1.54) is 0 Å². The molecule has 154 valence electrons. The van der Waals surface area contributed by atoms with E-state index in [0.717, 1.165) is 30.6 Å². The maximum absolute atomic E-state index is 12.4. The molecule has 1 aliphatic carbocycles. The molecule has 1 aromatic carbocycles. The number of nitrogens with one attached hydrogen (secondary N) is 1. The van der Waals surface area contributed by atoms with E-state index in [-0.39, 0.29) is 36.6 Å². The van der Waals surface area contributed by atoms with E-state index < -0.39 is 0 Å². The number of pyridine rings is 1. The van der Waals surface area contributed by atoms with Crippen LogP contribution in [0, 0.1) is 11.8 Å². The van der Waals surface area contributed by atoms with Crippen LogP contribution in [0.1, 0.15) is 24.8 Å². The number of ether oxygens (including phenoxy) is 2. The number of aromatic nitrogens is 1. The van der Waals surface area contributed by atoms with Gasteiger partial charge in [-0.15, -0.1) is 24.8 Å². The highest BCUT2D eigenvalue weighted by atomic mass is 35.5. The van der Waals surface area contributed by atoms with Gasteiger partial charge in [-0.1, -0.05) is 6.42 Å². The lowest BCUT2D eigenvalue weighted by molar-refractivity contribution is -0.126. The lowest BCUT2D eigenvalue weighted by Gasteiger charge is -2.17. The smallest absolute Gasteiger partial charge is 0.223 e. The van der Waals surface area contributed by atoms with E-state index in [1.807, 2.05) is 36.4 Å². The standard InChI is InChI=1S/C20H25N3O3.2ClH/c1-25-16-5-7-17(8-6-16)26-19-11-14(9-10-22-19)13-23-20(24)18-4-2-3-15(18)12-21;;/h5-11,15,18H,2-4,12-13,21H2,1H3,(H,23,24);2*1H/t15-,18-;;/m1../s1. The Hall–Kier alpha value is -2.02. The van der Waals surface area contributed by atoms with Crippen molar-refractivity contribution >= 4 is 30.7 Å². The van der Waals surface area contributed by atoms with Crippen LogP contribution in [0.3, 0.4) is 0 Å². The second-order valence-electron chi connectivity index (χ2n) is 6.53. The third-order valence-electron chi connectivity index (χ3n) is 4.85. The molecule has 1 aromatic heterocycles. The number of rotatable bonds is 7. The highest BCUT2D eigenvalue weighted by Gasteiger charge is 2.31. The summed E-state index contributed by atoms with van der Waals surface area (Å²) >= 11 is 0. The number of benzene rings is 1.